The number of ether oxygens (including phenoxy) is 1. The Kier molecular flexibility index (Phi) is 7.65. The third-order valence-electron chi connectivity index (χ3n) is 3.11. The molecule has 1 aromatic carbocycles. The molecule has 0 radical (unpaired) electrons. The molecule has 1 nitrogen and oxygen atoms in total. The summed E-state index contributed by atoms with van der Waals surface area (Å²) in [6.07, 6.45) is 5.10. The summed E-state index contributed by atoms with van der Waals surface area (Å²) in [6, 6.07) is 8.46. The lowest BCUT2D eigenvalue weighted by Gasteiger charge is -2.15. The molecule has 0 fully saturated rings. The van der Waals surface area contributed by atoms with E-state index in [1.807, 2.05) is 0 Å². The fourth-order valence-electron chi connectivity index (χ4n) is 1.79. The van der Waals surface area contributed by atoms with Crippen LogP contribution in [0.2, 0.25) is 0 Å². The first kappa shape index (κ1) is 14.8. The first-order valence-corrected chi connectivity index (χ1v) is 8.10. The molecule has 2 heteroatoms. The van der Waals surface area contributed by atoms with Crippen molar-refractivity contribution in [3.05, 3.63) is 29.8 Å². The number of hydrogen-bond donors (Lipinski definition) is 0. The Morgan fingerprint density at radius 2 is 1.88 bits per heavy atom. The van der Waals surface area contributed by atoms with E-state index in [1.165, 1.54) is 31.2 Å². The van der Waals surface area contributed by atoms with Gasteiger partial charge >= 0.3 is 0 Å². The highest BCUT2D eigenvalue weighted by molar-refractivity contribution is 14.1. The van der Waals surface area contributed by atoms with Gasteiger partial charge in [-0.05, 0) is 30.0 Å². The van der Waals surface area contributed by atoms with Gasteiger partial charge in [-0.2, -0.15) is 0 Å². The fourth-order valence-corrected chi connectivity index (χ4v) is 2.30. The molecule has 96 valence electrons. The first-order chi connectivity index (χ1) is 8.30. The average molecular weight is 346 g/mol. The van der Waals surface area contributed by atoms with Crippen molar-refractivity contribution < 1.29 is 4.74 Å². The number of unbranched alkanes of at least 4 members (excludes halogenated alkanes) is 1. The lowest BCUT2D eigenvalue weighted by Crippen LogP contribution is -2.11. The summed E-state index contributed by atoms with van der Waals surface area (Å²) in [5, 5.41) is 0. The molecule has 0 heterocycles. The molecule has 0 saturated carbocycles. The summed E-state index contributed by atoms with van der Waals surface area (Å²) >= 11 is 2.38. The quantitative estimate of drug-likeness (QED) is 0.463. The van der Waals surface area contributed by atoms with Crippen molar-refractivity contribution in [1.29, 1.82) is 0 Å². The molecule has 0 aliphatic carbocycles. The Balaban J connectivity index is 2.36. The third-order valence-corrected chi connectivity index (χ3v) is 3.99. The van der Waals surface area contributed by atoms with Gasteiger partial charge in [0.05, 0.1) is 6.61 Å². The van der Waals surface area contributed by atoms with E-state index in [0.717, 1.165) is 16.8 Å². The molecule has 1 aromatic rings. The molecule has 1 atom stereocenters. The third kappa shape index (κ3) is 5.75. The maximum atomic E-state index is 5.85. The SMILES string of the molecule is CCCCC(CC)COc1ccc(CI)cc1. The van der Waals surface area contributed by atoms with E-state index in [-0.39, 0.29) is 0 Å². The Morgan fingerprint density at radius 1 is 1.18 bits per heavy atom. The van der Waals surface area contributed by atoms with E-state index in [2.05, 4.69) is 60.7 Å². The lowest BCUT2D eigenvalue weighted by molar-refractivity contribution is 0.233. The van der Waals surface area contributed by atoms with Crippen LogP contribution < -0.4 is 4.74 Å². The van der Waals surface area contributed by atoms with E-state index in [1.54, 1.807) is 0 Å². The van der Waals surface area contributed by atoms with E-state index in [9.17, 15) is 0 Å². The van der Waals surface area contributed by atoms with Gasteiger partial charge in [-0.25, -0.2) is 0 Å². The van der Waals surface area contributed by atoms with Crippen LogP contribution >= 0.6 is 22.6 Å². The van der Waals surface area contributed by atoms with Crippen LogP contribution in [0.4, 0.5) is 0 Å². The molecular formula is C15H23IO. The average Bonchev–Trinajstić information content (AvgIpc) is 2.39. The van der Waals surface area contributed by atoms with Gasteiger partial charge in [0.2, 0.25) is 0 Å². The summed E-state index contributed by atoms with van der Waals surface area (Å²) in [6.45, 7) is 5.36. The molecule has 1 unspecified atom stereocenters. The zero-order chi connectivity index (χ0) is 12.5. The highest BCUT2D eigenvalue weighted by atomic mass is 127. The van der Waals surface area contributed by atoms with Gasteiger partial charge in [-0.15, -0.1) is 0 Å². The Bertz CT molecular complexity index is 294. The lowest BCUT2D eigenvalue weighted by atomic mass is 10.0. The number of alkyl halides is 1. The van der Waals surface area contributed by atoms with E-state index in [4.69, 9.17) is 4.74 Å². The predicted molar refractivity (Wildman–Crippen MR) is 83.0 cm³/mol. The highest BCUT2D eigenvalue weighted by Crippen LogP contribution is 2.18. The molecule has 0 aliphatic rings. The van der Waals surface area contributed by atoms with Crippen LogP contribution in [0.25, 0.3) is 0 Å². The Morgan fingerprint density at radius 3 is 2.41 bits per heavy atom. The molecule has 1 rings (SSSR count). The predicted octanol–water partition coefficient (Wildman–Crippen LogP) is 5.22. The number of rotatable bonds is 8. The maximum Gasteiger partial charge on any atom is 0.119 e. The van der Waals surface area contributed by atoms with Gasteiger partial charge in [0.1, 0.15) is 5.75 Å². The number of hydrogen-bond acceptors (Lipinski definition) is 1. The standard InChI is InChI=1S/C15H23IO/c1-3-5-6-13(4-2)12-17-15-9-7-14(11-16)8-10-15/h7-10,13H,3-6,11-12H2,1-2H3. The summed E-state index contributed by atoms with van der Waals surface area (Å²) in [5.74, 6) is 1.72. The minimum absolute atomic E-state index is 0.708. The van der Waals surface area contributed by atoms with E-state index in [0.29, 0.717) is 5.92 Å². The van der Waals surface area contributed by atoms with Gasteiger partial charge in [-0.3, -0.25) is 0 Å². The summed E-state index contributed by atoms with van der Waals surface area (Å²) in [7, 11) is 0. The molecule has 0 amide bonds. The first-order valence-electron chi connectivity index (χ1n) is 6.57. The summed E-state index contributed by atoms with van der Waals surface area (Å²) in [4.78, 5) is 0. The normalized spacial score (nSPS) is 12.4. The Labute approximate surface area is 119 Å². The van der Waals surface area contributed by atoms with Crippen LogP contribution in [0.5, 0.6) is 5.75 Å². The maximum absolute atomic E-state index is 5.85. The van der Waals surface area contributed by atoms with Crippen molar-refractivity contribution in [1.82, 2.24) is 0 Å². The highest BCUT2D eigenvalue weighted by Gasteiger charge is 2.06. The van der Waals surface area contributed by atoms with Gasteiger partial charge in [0.25, 0.3) is 0 Å². The molecule has 0 N–H and O–H groups in total. The van der Waals surface area contributed by atoms with Crippen LogP contribution in [0, 0.1) is 5.92 Å². The van der Waals surface area contributed by atoms with Crippen molar-refractivity contribution in [2.24, 2.45) is 5.92 Å². The minimum Gasteiger partial charge on any atom is -0.493 e. The van der Waals surface area contributed by atoms with Crippen molar-refractivity contribution in [2.45, 2.75) is 44.0 Å². The number of halogens is 1. The summed E-state index contributed by atoms with van der Waals surface area (Å²) < 4.78 is 6.91. The van der Waals surface area contributed by atoms with Crippen molar-refractivity contribution in [3.8, 4) is 5.75 Å². The van der Waals surface area contributed by atoms with Gasteiger partial charge in [0, 0.05) is 4.43 Å². The van der Waals surface area contributed by atoms with Gasteiger partial charge in [-0.1, -0.05) is 67.8 Å². The second-order valence-corrected chi connectivity index (χ2v) is 5.27. The van der Waals surface area contributed by atoms with Crippen molar-refractivity contribution in [3.63, 3.8) is 0 Å². The van der Waals surface area contributed by atoms with E-state index >= 15 is 0 Å². The van der Waals surface area contributed by atoms with Crippen molar-refractivity contribution >= 4 is 22.6 Å². The second kappa shape index (κ2) is 8.78. The Hall–Kier alpha value is -0.250. The summed E-state index contributed by atoms with van der Waals surface area (Å²) in [5.41, 5.74) is 1.36. The monoisotopic (exact) mass is 346 g/mol. The zero-order valence-corrected chi connectivity index (χ0v) is 13.1. The molecule has 0 aromatic heterocycles. The van der Waals surface area contributed by atoms with Crippen LogP contribution in [0.15, 0.2) is 24.3 Å². The topological polar surface area (TPSA) is 9.23 Å². The molecule has 0 aliphatic heterocycles. The van der Waals surface area contributed by atoms with Crippen molar-refractivity contribution in [2.75, 3.05) is 6.61 Å². The van der Waals surface area contributed by atoms with Crippen LogP contribution in [-0.4, -0.2) is 6.61 Å². The smallest absolute Gasteiger partial charge is 0.119 e. The van der Waals surface area contributed by atoms with Crippen LogP contribution in [-0.2, 0) is 4.43 Å². The molecule has 0 saturated heterocycles. The van der Waals surface area contributed by atoms with Gasteiger partial charge < -0.3 is 4.74 Å². The number of benzene rings is 1. The largest absolute Gasteiger partial charge is 0.493 e. The molecule has 0 bridgehead atoms. The molecular weight excluding hydrogens is 323 g/mol. The molecule has 0 spiro atoms. The second-order valence-electron chi connectivity index (χ2n) is 4.51. The van der Waals surface area contributed by atoms with Crippen LogP contribution in [0.1, 0.15) is 45.1 Å². The van der Waals surface area contributed by atoms with E-state index < -0.39 is 0 Å². The van der Waals surface area contributed by atoms with Gasteiger partial charge in [0.15, 0.2) is 0 Å². The van der Waals surface area contributed by atoms with Crippen LogP contribution in [0.3, 0.4) is 0 Å². The fraction of sp³-hybridized carbons (Fsp3) is 0.600. The molecule has 17 heavy (non-hydrogen) atoms. The minimum atomic E-state index is 0.708. The zero-order valence-electron chi connectivity index (χ0n) is 10.9.